The lowest BCUT2D eigenvalue weighted by Gasteiger charge is -2.29. The molecule has 6 rings (SSSR count). The first-order valence-corrected chi connectivity index (χ1v) is 14.1. The van der Waals surface area contributed by atoms with Crippen LogP contribution in [0, 0.1) is 0 Å². The molecule has 0 spiro atoms. The van der Waals surface area contributed by atoms with Gasteiger partial charge in [0.05, 0.1) is 35.5 Å². The van der Waals surface area contributed by atoms with Crippen LogP contribution < -0.4 is 10.4 Å². The molecule has 1 aliphatic carbocycles. The smallest absolute Gasteiger partial charge is 0.329 e. The van der Waals surface area contributed by atoms with Crippen molar-refractivity contribution in [2.75, 3.05) is 33.4 Å². The molecule has 0 radical (unpaired) electrons. The highest BCUT2D eigenvalue weighted by Crippen LogP contribution is 2.35. The first kappa shape index (κ1) is 25.1. The number of benzene rings is 2. The number of ether oxygens (including phenoxy) is 2. The van der Waals surface area contributed by atoms with E-state index in [9.17, 15) is 4.79 Å². The maximum atomic E-state index is 13.4. The molecule has 0 amide bonds. The first-order valence-electron chi connectivity index (χ1n) is 14.1. The second-order valence-corrected chi connectivity index (χ2v) is 10.9. The van der Waals surface area contributed by atoms with Crippen molar-refractivity contribution in [2.45, 2.75) is 57.1 Å². The van der Waals surface area contributed by atoms with Crippen molar-refractivity contribution in [2.24, 2.45) is 7.05 Å². The van der Waals surface area contributed by atoms with Crippen LogP contribution >= 0.6 is 0 Å². The zero-order valence-corrected chi connectivity index (χ0v) is 22.6. The number of methoxy groups -OCH3 is 1. The monoisotopic (exact) mass is 514 g/mol. The van der Waals surface area contributed by atoms with E-state index in [2.05, 4.69) is 47.4 Å². The molecular weight excluding hydrogens is 476 g/mol. The van der Waals surface area contributed by atoms with Crippen molar-refractivity contribution in [3.63, 3.8) is 0 Å². The van der Waals surface area contributed by atoms with E-state index in [1.165, 1.54) is 25.9 Å². The number of pyridine rings is 1. The summed E-state index contributed by atoms with van der Waals surface area (Å²) in [7, 11) is 3.62. The molecule has 1 saturated carbocycles. The summed E-state index contributed by atoms with van der Waals surface area (Å²) < 4.78 is 15.4. The molecule has 0 bridgehead atoms. The van der Waals surface area contributed by atoms with Gasteiger partial charge in [0, 0.05) is 32.1 Å². The van der Waals surface area contributed by atoms with Gasteiger partial charge in [-0.25, -0.2) is 4.79 Å². The van der Waals surface area contributed by atoms with Crippen LogP contribution in [0.3, 0.4) is 0 Å². The van der Waals surface area contributed by atoms with Gasteiger partial charge >= 0.3 is 5.69 Å². The van der Waals surface area contributed by atoms with Crippen LogP contribution in [0.15, 0.2) is 53.5 Å². The highest BCUT2D eigenvalue weighted by atomic mass is 16.5. The topological polar surface area (TPSA) is 61.5 Å². The van der Waals surface area contributed by atoms with Crippen molar-refractivity contribution >= 4 is 21.9 Å². The molecule has 1 saturated heterocycles. The van der Waals surface area contributed by atoms with Gasteiger partial charge in [-0.2, -0.15) is 0 Å². The van der Waals surface area contributed by atoms with E-state index < -0.39 is 0 Å². The Morgan fingerprint density at radius 2 is 1.79 bits per heavy atom. The summed E-state index contributed by atoms with van der Waals surface area (Å²) in [5, 5.41) is 1.01. The van der Waals surface area contributed by atoms with Crippen molar-refractivity contribution in [1.29, 1.82) is 0 Å². The second kappa shape index (κ2) is 10.9. The van der Waals surface area contributed by atoms with Crippen molar-refractivity contribution < 1.29 is 9.47 Å². The van der Waals surface area contributed by atoms with E-state index in [1.807, 2.05) is 17.8 Å². The summed E-state index contributed by atoms with van der Waals surface area (Å²) in [4.78, 5) is 20.7. The Kier molecular flexibility index (Phi) is 7.22. The highest BCUT2D eigenvalue weighted by Gasteiger charge is 2.27. The fourth-order valence-corrected chi connectivity index (χ4v) is 6.34. The Morgan fingerprint density at radius 3 is 2.58 bits per heavy atom. The number of aromatic nitrogens is 3. The van der Waals surface area contributed by atoms with Crippen molar-refractivity contribution in [3.05, 3.63) is 59.1 Å². The average molecular weight is 515 g/mol. The Labute approximate surface area is 224 Å². The minimum absolute atomic E-state index is 0.0210. The van der Waals surface area contributed by atoms with E-state index in [0.717, 1.165) is 84.1 Å². The van der Waals surface area contributed by atoms with Gasteiger partial charge in [0.2, 0.25) is 0 Å². The van der Waals surface area contributed by atoms with Gasteiger partial charge in [-0.1, -0.05) is 18.2 Å². The van der Waals surface area contributed by atoms with Crippen LogP contribution in [0.25, 0.3) is 33.1 Å². The van der Waals surface area contributed by atoms with Gasteiger partial charge in [-0.05, 0) is 93.4 Å². The fraction of sp³-hybridized carbons (Fsp3) is 0.484. The molecule has 2 atom stereocenters. The molecule has 3 heterocycles. The number of imidazole rings is 1. The average Bonchev–Trinajstić information content (AvgIpc) is 3.57. The predicted molar refractivity (Wildman–Crippen MR) is 152 cm³/mol. The molecule has 200 valence electrons. The van der Waals surface area contributed by atoms with Crippen LogP contribution in [0.1, 0.15) is 51.0 Å². The standard InChI is InChI=1S/C31H38N4O3/c1-33-29-21-32-28-14-11-23(22-9-12-25(13-10-22)38-18-6-17-34-15-3-4-16-34)19-27(28)30(29)35(31(33)36)24-7-5-8-26(20-24)37-2/h9-14,19,21,24,26H,3-8,15-18,20H2,1-2H3/t24-,26-/m1/s1. The maximum Gasteiger partial charge on any atom is 0.329 e. The van der Waals surface area contributed by atoms with Crippen LogP contribution in [0.4, 0.5) is 0 Å². The largest absolute Gasteiger partial charge is 0.494 e. The third kappa shape index (κ3) is 4.85. The normalized spacial score (nSPS) is 20.5. The van der Waals surface area contributed by atoms with Crippen LogP contribution in [0.2, 0.25) is 0 Å². The summed E-state index contributed by atoms with van der Waals surface area (Å²) in [6.07, 6.45) is 9.71. The fourth-order valence-electron chi connectivity index (χ4n) is 6.34. The van der Waals surface area contributed by atoms with Crippen molar-refractivity contribution in [3.8, 4) is 16.9 Å². The molecule has 2 aliphatic rings. The SMILES string of the molecule is CO[C@@H]1CCC[C@@H](n2c(=O)n(C)c3cnc4ccc(-c5ccc(OCCCN6CCCC6)cc5)cc4c32)C1. The van der Waals surface area contributed by atoms with Gasteiger partial charge in [0.15, 0.2) is 0 Å². The van der Waals surface area contributed by atoms with Gasteiger partial charge in [0.25, 0.3) is 0 Å². The molecule has 1 aliphatic heterocycles. The van der Waals surface area contributed by atoms with Crippen LogP contribution in [0.5, 0.6) is 5.75 Å². The molecule has 2 fully saturated rings. The Morgan fingerprint density at radius 1 is 1.00 bits per heavy atom. The summed E-state index contributed by atoms with van der Waals surface area (Å²) in [6.45, 7) is 4.33. The van der Waals surface area contributed by atoms with Gasteiger partial charge in [-0.15, -0.1) is 0 Å². The Hall–Kier alpha value is -3.16. The second-order valence-electron chi connectivity index (χ2n) is 10.9. The first-order chi connectivity index (χ1) is 18.6. The van der Waals surface area contributed by atoms with E-state index in [1.54, 1.807) is 11.7 Å². The third-order valence-corrected chi connectivity index (χ3v) is 8.49. The number of likely N-dealkylation sites (tertiary alicyclic amines) is 1. The zero-order chi connectivity index (χ0) is 26.1. The van der Waals surface area contributed by atoms with Gasteiger partial charge in [0.1, 0.15) is 5.75 Å². The van der Waals surface area contributed by atoms with Crippen molar-refractivity contribution in [1.82, 2.24) is 19.0 Å². The molecule has 7 nitrogen and oxygen atoms in total. The number of nitrogens with zero attached hydrogens (tertiary/aromatic N) is 4. The summed E-state index contributed by atoms with van der Waals surface area (Å²) in [6, 6.07) is 14.8. The molecule has 4 aromatic rings. The number of hydrogen-bond donors (Lipinski definition) is 0. The minimum Gasteiger partial charge on any atom is -0.494 e. The minimum atomic E-state index is 0.0210. The molecule has 0 unspecified atom stereocenters. The number of aryl methyl sites for hydroxylation is 1. The molecule has 2 aromatic heterocycles. The van der Waals surface area contributed by atoms with E-state index >= 15 is 0 Å². The summed E-state index contributed by atoms with van der Waals surface area (Å²) >= 11 is 0. The Balaban J connectivity index is 1.28. The quantitative estimate of drug-likeness (QED) is 0.289. The van der Waals surface area contributed by atoms with E-state index in [0.29, 0.717) is 0 Å². The summed E-state index contributed by atoms with van der Waals surface area (Å²) in [5.41, 5.74) is 5.00. The molecular formula is C31H38N4O3. The lowest BCUT2D eigenvalue weighted by atomic mass is 9.92. The predicted octanol–water partition coefficient (Wildman–Crippen LogP) is 5.55. The lowest BCUT2D eigenvalue weighted by Crippen LogP contribution is -2.31. The lowest BCUT2D eigenvalue weighted by molar-refractivity contribution is 0.0531. The number of fused-ring (bicyclic) bond motifs is 3. The number of hydrogen-bond acceptors (Lipinski definition) is 5. The van der Waals surface area contributed by atoms with E-state index in [4.69, 9.17) is 14.5 Å². The van der Waals surface area contributed by atoms with E-state index in [-0.39, 0.29) is 17.8 Å². The van der Waals surface area contributed by atoms with Gasteiger partial charge in [-0.3, -0.25) is 14.1 Å². The zero-order valence-electron chi connectivity index (χ0n) is 22.6. The highest BCUT2D eigenvalue weighted by molar-refractivity contribution is 6.04. The molecule has 38 heavy (non-hydrogen) atoms. The van der Waals surface area contributed by atoms with Crippen LogP contribution in [-0.4, -0.2) is 58.5 Å². The number of rotatable bonds is 8. The summed E-state index contributed by atoms with van der Waals surface area (Å²) in [5.74, 6) is 0.905. The van der Waals surface area contributed by atoms with Gasteiger partial charge < -0.3 is 14.4 Å². The van der Waals surface area contributed by atoms with Crippen LogP contribution in [-0.2, 0) is 11.8 Å². The molecule has 2 aromatic carbocycles. The maximum absolute atomic E-state index is 13.4. The Bertz CT molecular complexity index is 1470. The third-order valence-electron chi connectivity index (χ3n) is 8.49. The molecule has 0 N–H and O–H groups in total. The molecule has 7 heteroatoms.